The average molecular weight is 374 g/mol. The molecule has 3 rings (SSSR count). The maximum absolute atomic E-state index is 12.8. The monoisotopic (exact) mass is 374 g/mol. The Hall–Kier alpha value is -3.09. The molecule has 1 aliphatic rings. The quantitative estimate of drug-likeness (QED) is 0.785. The molecule has 0 aliphatic carbocycles. The minimum absolute atomic E-state index is 0.0265. The first kappa shape index (κ1) is 18.7. The lowest BCUT2D eigenvalue weighted by Gasteiger charge is -2.20. The number of hydrogen-bond acceptors (Lipinski definition) is 3. The summed E-state index contributed by atoms with van der Waals surface area (Å²) in [4.78, 5) is 16.2. The van der Waals surface area contributed by atoms with E-state index in [-0.39, 0.29) is 5.56 Å². The second-order valence-corrected chi connectivity index (χ2v) is 6.28. The Morgan fingerprint density at radius 1 is 1.15 bits per heavy atom. The Balaban J connectivity index is 2.13. The van der Waals surface area contributed by atoms with Crippen molar-refractivity contribution in [1.82, 2.24) is 10.3 Å². The molecule has 1 aliphatic heterocycles. The van der Waals surface area contributed by atoms with Crippen molar-refractivity contribution < 1.29 is 23.1 Å². The Morgan fingerprint density at radius 3 is 2.37 bits per heavy atom. The first-order valence-corrected chi connectivity index (χ1v) is 8.22. The minimum atomic E-state index is -4.45. The van der Waals surface area contributed by atoms with Gasteiger partial charge in [0.1, 0.15) is 0 Å². The van der Waals surface area contributed by atoms with E-state index in [1.165, 1.54) is 24.4 Å². The van der Waals surface area contributed by atoms with Gasteiger partial charge in [0.05, 0.1) is 16.8 Å². The maximum Gasteiger partial charge on any atom is 0.416 e. The van der Waals surface area contributed by atoms with Gasteiger partial charge in [0.15, 0.2) is 0 Å². The van der Waals surface area contributed by atoms with Gasteiger partial charge in [-0.15, -0.1) is 0 Å². The van der Waals surface area contributed by atoms with Crippen LogP contribution in [0.4, 0.5) is 13.2 Å². The first-order chi connectivity index (χ1) is 12.7. The second kappa shape index (κ2) is 6.90. The summed E-state index contributed by atoms with van der Waals surface area (Å²) in [5, 5.41) is 12.9. The lowest BCUT2D eigenvalue weighted by atomic mass is 9.92. The van der Waals surface area contributed by atoms with Gasteiger partial charge < -0.3 is 10.4 Å². The number of alkyl halides is 3. The molecular formula is C20H17F3N2O2. The summed E-state index contributed by atoms with van der Waals surface area (Å²) in [5.74, 6) is -1.18. The number of hydrogen-bond donors (Lipinski definition) is 2. The van der Waals surface area contributed by atoms with Gasteiger partial charge in [-0.3, -0.25) is 4.98 Å². The minimum Gasteiger partial charge on any atom is -0.478 e. The van der Waals surface area contributed by atoms with Crippen LogP contribution in [0, 0.1) is 0 Å². The van der Waals surface area contributed by atoms with E-state index in [2.05, 4.69) is 10.3 Å². The Kier molecular flexibility index (Phi) is 4.78. The van der Waals surface area contributed by atoms with Crippen LogP contribution in [-0.2, 0) is 6.18 Å². The zero-order chi connectivity index (χ0) is 19.8. The number of aromatic carboxylic acids is 1. The fourth-order valence-corrected chi connectivity index (χ4v) is 3.09. The average Bonchev–Trinajstić information content (AvgIpc) is 2.60. The molecule has 4 nitrogen and oxygen atoms in total. The number of carboxylic acid groups (broad SMARTS) is 1. The Bertz CT molecular complexity index is 958. The highest BCUT2D eigenvalue weighted by Gasteiger charge is 2.30. The molecule has 2 aromatic rings. The number of halogens is 3. The van der Waals surface area contributed by atoms with Gasteiger partial charge in [-0.2, -0.15) is 13.2 Å². The van der Waals surface area contributed by atoms with Crippen molar-refractivity contribution in [3.8, 4) is 11.1 Å². The van der Waals surface area contributed by atoms with E-state index < -0.39 is 17.7 Å². The number of pyridine rings is 1. The largest absolute Gasteiger partial charge is 0.478 e. The lowest BCUT2D eigenvalue weighted by Crippen LogP contribution is -2.16. The highest BCUT2D eigenvalue weighted by atomic mass is 19.4. The third-order valence-corrected chi connectivity index (χ3v) is 4.42. The van der Waals surface area contributed by atoms with Gasteiger partial charge in [-0.25, -0.2) is 4.79 Å². The van der Waals surface area contributed by atoms with Crippen LogP contribution >= 0.6 is 0 Å². The normalized spacial score (nSPS) is 14.6. The fourth-order valence-electron chi connectivity index (χ4n) is 3.09. The van der Waals surface area contributed by atoms with Gasteiger partial charge in [0.2, 0.25) is 0 Å². The van der Waals surface area contributed by atoms with Crippen molar-refractivity contribution in [3.63, 3.8) is 0 Å². The molecule has 0 saturated carbocycles. The molecule has 0 unspecified atom stereocenters. The van der Waals surface area contributed by atoms with Gasteiger partial charge in [0.25, 0.3) is 0 Å². The number of carbonyl (C=O) groups is 1. The molecule has 27 heavy (non-hydrogen) atoms. The highest BCUT2D eigenvalue weighted by Crippen LogP contribution is 2.35. The number of nitrogens with zero attached hydrogens (tertiary/aromatic N) is 1. The van der Waals surface area contributed by atoms with Crippen LogP contribution in [0.2, 0.25) is 0 Å². The van der Waals surface area contributed by atoms with E-state index in [4.69, 9.17) is 0 Å². The van der Waals surface area contributed by atoms with Crippen molar-refractivity contribution in [1.29, 1.82) is 0 Å². The molecule has 2 N–H and O–H groups in total. The van der Waals surface area contributed by atoms with Crippen LogP contribution in [0.1, 0.15) is 41.9 Å². The van der Waals surface area contributed by atoms with E-state index in [9.17, 15) is 23.1 Å². The van der Waals surface area contributed by atoms with E-state index in [0.29, 0.717) is 23.2 Å². The zero-order valence-electron chi connectivity index (χ0n) is 14.7. The molecule has 1 aromatic heterocycles. The van der Waals surface area contributed by atoms with Gasteiger partial charge in [-0.1, -0.05) is 18.2 Å². The predicted octanol–water partition coefficient (Wildman–Crippen LogP) is 5.09. The van der Waals surface area contributed by atoms with E-state index in [1.807, 2.05) is 19.9 Å². The van der Waals surface area contributed by atoms with Crippen molar-refractivity contribution in [2.45, 2.75) is 26.4 Å². The van der Waals surface area contributed by atoms with E-state index in [1.54, 1.807) is 0 Å². The van der Waals surface area contributed by atoms with Crippen molar-refractivity contribution in [3.05, 3.63) is 70.8 Å². The fraction of sp³-hybridized carbons (Fsp3) is 0.200. The maximum atomic E-state index is 12.8. The van der Waals surface area contributed by atoms with Crippen LogP contribution in [0.15, 0.2) is 54.0 Å². The number of carboxylic acids is 1. The SMILES string of the molecule is CC1=CCC(c2nccc(-c3ccc(C(F)(F)F)cc3)c2C(=O)O)=C(C)N1. The Morgan fingerprint density at radius 2 is 1.81 bits per heavy atom. The molecule has 0 atom stereocenters. The molecule has 0 spiro atoms. The topological polar surface area (TPSA) is 62.2 Å². The van der Waals surface area contributed by atoms with Crippen molar-refractivity contribution >= 4 is 11.5 Å². The van der Waals surface area contributed by atoms with Gasteiger partial charge in [0, 0.05) is 23.2 Å². The summed E-state index contributed by atoms with van der Waals surface area (Å²) in [5.41, 5.74) is 2.72. The van der Waals surface area contributed by atoms with Gasteiger partial charge in [-0.05, 0) is 49.6 Å². The van der Waals surface area contributed by atoms with Crippen molar-refractivity contribution in [2.75, 3.05) is 0 Å². The molecule has 0 radical (unpaired) electrons. The smallest absolute Gasteiger partial charge is 0.416 e. The predicted molar refractivity (Wildman–Crippen MR) is 95.7 cm³/mol. The summed E-state index contributed by atoms with van der Waals surface area (Å²) in [6.07, 6.45) is -0.521. The number of dihydropyridines is 1. The number of benzene rings is 1. The third kappa shape index (κ3) is 3.72. The standard InChI is InChI=1S/C20H17F3N2O2/c1-11-3-8-15(12(2)25-11)18-17(19(26)27)16(9-10-24-18)13-4-6-14(7-5-13)20(21,22)23/h3-7,9-10,25H,8H2,1-2H3,(H,26,27). The van der Waals surface area contributed by atoms with Crippen LogP contribution in [0.5, 0.6) is 0 Å². The summed E-state index contributed by atoms with van der Waals surface area (Å²) in [7, 11) is 0. The highest BCUT2D eigenvalue weighted by molar-refractivity contribution is 6.00. The summed E-state index contributed by atoms with van der Waals surface area (Å²) in [6.45, 7) is 3.74. The third-order valence-electron chi connectivity index (χ3n) is 4.42. The summed E-state index contributed by atoms with van der Waals surface area (Å²) >= 11 is 0. The number of nitrogens with one attached hydrogen (secondary N) is 1. The van der Waals surface area contributed by atoms with Crippen LogP contribution in [0.3, 0.4) is 0 Å². The molecular weight excluding hydrogens is 357 g/mol. The molecule has 0 fully saturated rings. The molecule has 7 heteroatoms. The number of aromatic nitrogens is 1. The Labute approximate surface area is 154 Å². The second-order valence-electron chi connectivity index (χ2n) is 6.28. The zero-order valence-corrected chi connectivity index (χ0v) is 14.7. The summed E-state index contributed by atoms with van der Waals surface area (Å²) in [6, 6.07) is 5.94. The van der Waals surface area contributed by atoms with Crippen LogP contribution in [0.25, 0.3) is 16.7 Å². The molecule has 140 valence electrons. The lowest BCUT2D eigenvalue weighted by molar-refractivity contribution is -0.137. The molecule has 0 saturated heterocycles. The van der Waals surface area contributed by atoms with Crippen molar-refractivity contribution in [2.24, 2.45) is 0 Å². The molecule has 0 amide bonds. The molecule has 1 aromatic carbocycles. The molecule has 2 heterocycles. The molecule has 0 bridgehead atoms. The number of rotatable bonds is 3. The van der Waals surface area contributed by atoms with Crippen LogP contribution in [-0.4, -0.2) is 16.1 Å². The summed E-state index contributed by atoms with van der Waals surface area (Å²) < 4.78 is 38.4. The van der Waals surface area contributed by atoms with E-state index >= 15 is 0 Å². The van der Waals surface area contributed by atoms with Gasteiger partial charge >= 0.3 is 12.1 Å². The number of allylic oxidation sites excluding steroid dienone is 4. The van der Waals surface area contributed by atoms with E-state index in [0.717, 1.165) is 29.1 Å². The van der Waals surface area contributed by atoms with Crippen LogP contribution < -0.4 is 5.32 Å². The first-order valence-electron chi connectivity index (χ1n) is 8.22.